The third-order valence-electron chi connectivity index (χ3n) is 4.92. The van der Waals surface area contributed by atoms with Crippen molar-refractivity contribution < 1.29 is 14.3 Å². The lowest BCUT2D eigenvalue weighted by atomic mass is 10.1. The number of amides is 1. The van der Waals surface area contributed by atoms with E-state index in [2.05, 4.69) is 21.2 Å². The zero-order chi connectivity index (χ0) is 18.3. The Morgan fingerprint density at radius 1 is 1.23 bits per heavy atom. The largest absolute Gasteiger partial charge is 0.486 e. The number of fused-ring (bicyclic) bond motifs is 1. The molecule has 136 valence electrons. The fraction of sp³-hybridized carbons (Fsp3) is 0.350. The van der Waals surface area contributed by atoms with Gasteiger partial charge >= 0.3 is 0 Å². The van der Waals surface area contributed by atoms with E-state index in [0.29, 0.717) is 13.2 Å². The summed E-state index contributed by atoms with van der Waals surface area (Å²) in [6.07, 6.45) is 0.838. The molecule has 1 aliphatic heterocycles. The quantitative estimate of drug-likeness (QED) is 0.745. The van der Waals surface area contributed by atoms with Gasteiger partial charge in [0.15, 0.2) is 11.5 Å². The van der Waals surface area contributed by atoms with Gasteiger partial charge in [-0.1, -0.05) is 45.7 Å². The standard InChI is InChI=1S/C20H19BrClNO3/c1-11(13-9-18-19(10-16(13)21)26-7-6-25-18)23-20(24)15-8-14(15)12-4-2-3-5-17(12)22/h2-5,9-11,14-15H,6-8H2,1H3,(H,23,24). The third kappa shape index (κ3) is 3.42. The second-order valence-corrected chi connectivity index (χ2v) is 7.98. The molecule has 2 aromatic rings. The molecule has 1 fully saturated rings. The zero-order valence-electron chi connectivity index (χ0n) is 14.3. The molecular weight excluding hydrogens is 418 g/mol. The molecule has 3 unspecified atom stereocenters. The van der Waals surface area contributed by atoms with Crippen LogP contribution in [0.15, 0.2) is 40.9 Å². The van der Waals surface area contributed by atoms with Crippen molar-refractivity contribution in [2.24, 2.45) is 5.92 Å². The van der Waals surface area contributed by atoms with Crippen LogP contribution >= 0.6 is 27.5 Å². The van der Waals surface area contributed by atoms with E-state index < -0.39 is 0 Å². The number of carbonyl (C=O) groups is 1. The van der Waals surface area contributed by atoms with Gasteiger partial charge in [-0.05, 0) is 48.6 Å². The summed E-state index contributed by atoms with van der Waals surface area (Å²) < 4.78 is 12.1. The van der Waals surface area contributed by atoms with Gasteiger partial charge in [0, 0.05) is 15.4 Å². The Balaban J connectivity index is 1.45. The second kappa shape index (κ2) is 7.12. The van der Waals surface area contributed by atoms with E-state index in [9.17, 15) is 4.79 Å². The molecule has 0 spiro atoms. The van der Waals surface area contributed by atoms with Gasteiger partial charge in [-0.2, -0.15) is 0 Å². The van der Waals surface area contributed by atoms with Gasteiger partial charge in [-0.25, -0.2) is 0 Å². The smallest absolute Gasteiger partial charge is 0.224 e. The van der Waals surface area contributed by atoms with Gasteiger partial charge in [0.05, 0.1) is 6.04 Å². The highest BCUT2D eigenvalue weighted by molar-refractivity contribution is 9.10. The first-order valence-electron chi connectivity index (χ1n) is 8.68. The Morgan fingerprint density at radius 3 is 2.65 bits per heavy atom. The molecule has 6 heteroatoms. The third-order valence-corrected chi connectivity index (χ3v) is 5.95. The van der Waals surface area contributed by atoms with Crippen LogP contribution in [0, 0.1) is 5.92 Å². The molecule has 1 heterocycles. The predicted octanol–water partition coefficient (Wildman–Crippen LogP) is 4.85. The molecule has 2 aliphatic rings. The molecule has 1 saturated carbocycles. The Kier molecular flexibility index (Phi) is 4.84. The van der Waals surface area contributed by atoms with Crippen LogP contribution in [0.25, 0.3) is 0 Å². The first-order chi connectivity index (χ1) is 12.5. The number of hydrogen-bond acceptors (Lipinski definition) is 3. The van der Waals surface area contributed by atoms with E-state index >= 15 is 0 Å². The highest BCUT2D eigenvalue weighted by atomic mass is 79.9. The van der Waals surface area contributed by atoms with E-state index in [4.69, 9.17) is 21.1 Å². The molecule has 4 nitrogen and oxygen atoms in total. The van der Waals surface area contributed by atoms with Gasteiger partial charge in [-0.15, -0.1) is 0 Å². The van der Waals surface area contributed by atoms with Crippen LogP contribution in [-0.2, 0) is 4.79 Å². The Morgan fingerprint density at radius 2 is 1.92 bits per heavy atom. The van der Waals surface area contributed by atoms with E-state index in [0.717, 1.165) is 38.5 Å². The number of hydrogen-bond donors (Lipinski definition) is 1. The van der Waals surface area contributed by atoms with Crippen molar-refractivity contribution in [3.63, 3.8) is 0 Å². The number of ether oxygens (including phenoxy) is 2. The molecule has 0 radical (unpaired) electrons. The minimum atomic E-state index is -0.139. The second-order valence-electron chi connectivity index (χ2n) is 6.72. The van der Waals surface area contributed by atoms with Gasteiger partial charge < -0.3 is 14.8 Å². The Hall–Kier alpha value is -1.72. The number of carbonyl (C=O) groups excluding carboxylic acids is 1. The lowest BCUT2D eigenvalue weighted by Gasteiger charge is -2.22. The summed E-state index contributed by atoms with van der Waals surface area (Å²) in [7, 11) is 0. The molecule has 1 N–H and O–H groups in total. The van der Waals surface area contributed by atoms with Crippen molar-refractivity contribution in [2.45, 2.75) is 25.3 Å². The number of halogens is 2. The predicted molar refractivity (Wildman–Crippen MR) is 104 cm³/mol. The lowest BCUT2D eigenvalue weighted by molar-refractivity contribution is -0.123. The van der Waals surface area contributed by atoms with Crippen molar-refractivity contribution >= 4 is 33.4 Å². The van der Waals surface area contributed by atoms with Crippen molar-refractivity contribution in [1.29, 1.82) is 0 Å². The van der Waals surface area contributed by atoms with Crippen LogP contribution in [0.3, 0.4) is 0 Å². The lowest BCUT2D eigenvalue weighted by Crippen LogP contribution is -2.29. The normalized spacial score (nSPS) is 21.8. The topological polar surface area (TPSA) is 47.6 Å². The van der Waals surface area contributed by atoms with Crippen molar-refractivity contribution in [2.75, 3.05) is 13.2 Å². The van der Waals surface area contributed by atoms with Gasteiger partial charge in [-0.3, -0.25) is 4.79 Å². The highest BCUT2D eigenvalue weighted by Crippen LogP contribution is 2.50. The SMILES string of the molecule is CC(NC(=O)C1CC1c1ccccc1Cl)c1cc2c(cc1Br)OCCO2. The molecule has 2 aromatic carbocycles. The van der Waals surface area contributed by atoms with E-state index in [-0.39, 0.29) is 23.8 Å². The van der Waals surface area contributed by atoms with Crippen LogP contribution in [0.1, 0.15) is 36.4 Å². The summed E-state index contributed by atoms with van der Waals surface area (Å²) in [6.45, 7) is 3.06. The highest BCUT2D eigenvalue weighted by Gasteiger charge is 2.45. The van der Waals surface area contributed by atoms with Gasteiger partial charge in [0.1, 0.15) is 13.2 Å². The van der Waals surface area contributed by atoms with Crippen molar-refractivity contribution in [3.05, 3.63) is 57.0 Å². The van der Waals surface area contributed by atoms with Crippen LogP contribution < -0.4 is 14.8 Å². The maximum Gasteiger partial charge on any atom is 0.224 e. The van der Waals surface area contributed by atoms with Crippen molar-refractivity contribution in [3.8, 4) is 11.5 Å². The first-order valence-corrected chi connectivity index (χ1v) is 9.85. The summed E-state index contributed by atoms with van der Waals surface area (Å²) >= 11 is 9.83. The molecular formula is C20H19BrClNO3. The fourth-order valence-electron chi connectivity index (χ4n) is 3.41. The summed E-state index contributed by atoms with van der Waals surface area (Å²) in [5, 5.41) is 3.85. The maximum absolute atomic E-state index is 12.7. The number of benzene rings is 2. The summed E-state index contributed by atoms with van der Waals surface area (Å²) in [5.41, 5.74) is 2.03. The van der Waals surface area contributed by atoms with E-state index in [1.54, 1.807) is 0 Å². The van der Waals surface area contributed by atoms with Gasteiger partial charge in [0.2, 0.25) is 5.91 Å². The van der Waals surface area contributed by atoms with Crippen LogP contribution in [0.4, 0.5) is 0 Å². The minimum absolute atomic E-state index is 0.0201. The van der Waals surface area contributed by atoms with Crippen LogP contribution in [0.2, 0.25) is 5.02 Å². The summed E-state index contributed by atoms with van der Waals surface area (Å²) in [6, 6.07) is 11.4. The fourth-order valence-corrected chi connectivity index (χ4v) is 4.36. The molecule has 1 aliphatic carbocycles. The monoisotopic (exact) mass is 435 g/mol. The van der Waals surface area contributed by atoms with E-state index in [1.165, 1.54) is 0 Å². The van der Waals surface area contributed by atoms with Crippen molar-refractivity contribution in [1.82, 2.24) is 5.32 Å². The summed E-state index contributed by atoms with van der Waals surface area (Å²) in [4.78, 5) is 12.7. The molecule has 0 saturated heterocycles. The number of rotatable bonds is 4. The van der Waals surface area contributed by atoms with Crippen LogP contribution in [-0.4, -0.2) is 19.1 Å². The molecule has 0 aromatic heterocycles. The molecule has 1 amide bonds. The van der Waals surface area contributed by atoms with E-state index in [1.807, 2.05) is 43.3 Å². The summed E-state index contributed by atoms with van der Waals surface area (Å²) in [5.74, 6) is 1.69. The first kappa shape index (κ1) is 17.7. The zero-order valence-corrected chi connectivity index (χ0v) is 16.6. The maximum atomic E-state index is 12.7. The molecule has 26 heavy (non-hydrogen) atoms. The molecule has 3 atom stereocenters. The minimum Gasteiger partial charge on any atom is -0.486 e. The Labute approximate surface area is 166 Å². The van der Waals surface area contributed by atoms with Crippen LogP contribution in [0.5, 0.6) is 11.5 Å². The molecule has 0 bridgehead atoms. The van der Waals surface area contributed by atoms with Gasteiger partial charge in [0.25, 0.3) is 0 Å². The molecule has 4 rings (SSSR count). The average Bonchev–Trinajstić information content (AvgIpc) is 3.42. The average molecular weight is 437 g/mol. The number of nitrogens with one attached hydrogen (secondary N) is 1. The Bertz CT molecular complexity index is 857.